The summed E-state index contributed by atoms with van der Waals surface area (Å²) < 4.78 is 5.18. The summed E-state index contributed by atoms with van der Waals surface area (Å²) in [5.74, 6) is 0.719. The highest BCUT2D eigenvalue weighted by atomic mass is 16.5. The molecule has 0 aliphatic heterocycles. The largest absolute Gasteiger partial charge is 0.352 e. The maximum atomic E-state index is 12.1. The molecule has 2 N–H and O–H groups in total. The van der Waals surface area contributed by atoms with E-state index in [1.165, 1.54) is 0 Å². The maximum absolute atomic E-state index is 12.1. The van der Waals surface area contributed by atoms with Crippen LogP contribution in [-0.4, -0.2) is 28.5 Å². The SMILES string of the molecule is CCNC(=O)c1cccc(NC(=O)CCc2nc(C(C)(C)C)no2)c1. The van der Waals surface area contributed by atoms with E-state index in [0.717, 1.165) is 0 Å². The number of aryl methyl sites for hydroxylation is 1. The van der Waals surface area contributed by atoms with Crippen LogP contribution in [0.15, 0.2) is 28.8 Å². The first-order chi connectivity index (χ1) is 11.8. The number of hydrogen-bond donors (Lipinski definition) is 2. The third-order valence-corrected chi connectivity index (χ3v) is 3.45. The summed E-state index contributed by atoms with van der Waals surface area (Å²) in [7, 11) is 0. The lowest BCUT2D eigenvalue weighted by molar-refractivity contribution is -0.116. The Morgan fingerprint density at radius 2 is 2.00 bits per heavy atom. The van der Waals surface area contributed by atoms with E-state index in [1.807, 2.05) is 27.7 Å². The first kappa shape index (κ1) is 18.6. The first-order valence-electron chi connectivity index (χ1n) is 8.30. The molecule has 0 atom stereocenters. The minimum absolute atomic E-state index is 0.167. The molecule has 25 heavy (non-hydrogen) atoms. The average molecular weight is 344 g/mol. The van der Waals surface area contributed by atoms with Crippen molar-refractivity contribution in [1.82, 2.24) is 15.5 Å². The van der Waals surface area contributed by atoms with Gasteiger partial charge in [-0.2, -0.15) is 4.98 Å². The normalized spacial score (nSPS) is 11.2. The number of carbonyl (C=O) groups excluding carboxylic acids is 2. The smallest absolute Gasteiger partial charge is 0.251 e. The number of aromatic nitrogens is 2. The lowest BCUT2D eigenvalue weighted by atomic mass is 9.96. The van der Waals surface area contributed by atoms with E-state index in [0.29, 0.717) is 35.9 Å². The zero-order valence-electron chi connectivity index (χ0n) is 15.0. The Morgan fingerprint density at radius 1 is 1.24 bits per heavy atom. The second kappa shape index (κ2) is 7.92. The van der Waals surface area contributed by atoms with Gasteiger partial charge >= 0.3 is 0 Å². The van der Waals surface area contributed by atoms with Crippen molar-refractivity contribution in [2.45, 2.75) is 46.0 Å². The van der Waals surface area contributed by atoms with Crippen molar-refractivity contribution in [2.75, 3.05) is 11.9 Å². The molecule has 0 saturated heterocycles. The number of carbonyl (C=O) groups is 2. The second-order valence-corrected chi connectivity index (χ2v) is 6.75. The van der Waals surface area contributed by atoms with Crippen LogP contribution in [0.5, 0.6) is 0 Å². The van der Waals surface area contributed by atoms with E-state index < -0.39 is 0 Å². The Kier molecular flexibility index (Phi) is 5.90. The minimum Gasteiger partial charge on any atom is -0.352 e. The van der Waals surface area contributed by atoms with Gasteiger partial charge in [0.1, 0.15) is 0 Å². The van der Waals surface area contributed by atoms with Crippen molar-refractivity contribution in [2.24, 2.45) is 0 Å². The Hall–Kier alpha value is -2.70. The fourth-order valence-corrected chi connectivity index (χ4v) is 2.11. The van der Waals surface area contributed by atoms with Crippen LogP contribution in [0.3, 0.4) is 0 Å². The molecule has 0 bridgehead atoms. The van der Waals surface area contributed by atoms with Crippen molar-refractivity contribution >= 4 is 17.5 Å². The van der Waals surface area contributed by atoms with Gasteiger partial charge in [0.2, 0.25) is 11.8 Å². The molecule has 0 unspecified atom stereocenters. The molecule has 0 aliphatic carbocycles. The summed E-state index contributed by atoms with van der Waals surface area (Å²) in [5, 5.41) is 9.44. The minimum atomic E-state index is -0.191. The molecule has 7 heteroatoms. The highest BCUT2D eigenvalue weighted by Gasteiger charge is 2.21. The van der Waals surface area contributed by atoms with Crippen molar-refractivity contribution in [1.29, 1.82) is 0 Å². The maximum Gasteiger partial charge on any atom is 0.251 e. The molecule has 0 saturated carbocycles. The first-order valence-corrected chi connectivity index (χ1v) is 8.30. The van der Waals surface area contributed by atoms with Gasteiger partial charge < -0.3 is 15.2 Å². The third-order valence-electron chi connectivity index (χ3n) is 3.45. The van der Waals surface area contributed by atoms with Gasteiger partial charge in [-0.1, -0.05) is 32.0 Å². The predicted molar refractivity (Wildman–Crippen MR) is 94.4 cm³/mol. The molecule has 1 aromatic carbocycles. The highest BCUT2D eigenvalue weighted by Crippen LogP contribution is 2.19. The van der Waals surface area contributed by atoms with Crippen molar-refractivity contribution in [3.05, 3.63) is 41.5 Å². The van der Waals surface area contributed by atoms with Gasteiger partial charge in [-0.05, 0) is 25.1 Å². The molecule has 2 rings (SSSR count). The van der Waals surface area contributed by atoms with Gasteiger partial charge in [-0.3, -0.25) is 9.59 Å². The quantitative estimate of drug-likeness (QED) is 0.840. The highest BCUT2D eigenvalue weighted by molar-refractivity contribution is 5.97. The van der Waals surface area contributed by atoms with Gasteiger partial charge in [-0.25, -0.2) is 0 Å². The molecule has 0 spiro atoms. The zero-order valence-corrected chi connectivity index (χ0v) is 15.0. The summed E-state index contributed by atoms with van der Waals surface area (Å²) in [6.45, 7) is 8.39. The molecule has 134 valence electrons. The van der Waals surface area contributed by atoms with E-state index in [-0.39, 0.29) is 23.7 Å². The number of benzene rings is 1. The van der Waals surface area contributed by atoms with Crippen molar-refractivity contribution < 1.29 is 14.1 Å². The van der Waals surface area contributed by atoms with Crippen LogP contribution in [0, 0.1) is 0 Å². The molecule has 0 aliphatic rings. The topological polar surface area (TPSA) is 97.1 Å². The molecule has 7 nitrogen and oxygen atoms in total. The molecule has 0 radical (unpaired) electrons. The molecule has 2 amide bonds. The van der Waals surface area contributed by atoms with Crippen LogP contribution < -0.4 is 10.6 Å². The Balaban J connectivity index is 1.91. The van der Waals surface area contributed by atoms with Gasteiger partial charge in [0.05, 0.1) is 0 Å². The van der Waals surface area contributed by atoms with Crippen molar-refractivity contribution in [3.63, 3.8) is 0 Å². The molecule has 2 aromatic rings. The predicted octanol–water partition coefficient (Wildman–Crippen LogP) is 2.69. The lowest BCUT2D eigenvalue weighted by Gasteiger charge is -2.10. The third kappa shape index (κ3) is 5.41. The number of hydrogen-bond acceptors (Lipinski definition) is 5. The summed E-state index contributed by atoms with van der Waals surface area (Å²) in [5.41, 5.74) is 0.893. The monoisotopic (exact) mass is 344 g/mol. The molecule has 0 fully saturated rings. The summed E-state index contributed by atoms with van der Waals surface area (Å²) in [6, 6.07) is 6.82. The Bertz CT molecular complexity index is 747. The van der Waals surface area contributed by atoms with Crippen molar-refractivity contribution in [3.8, 4) is 0 Å². The zero-order chi connectivity index (χ0) is 18.4. The van der Waals surface area contributed by atoms with E-state index in [1.54, 1.807) is 24.3 Å². The fraction of sp³-hybridized carbons (Fsp3) is 0.444. The van der Waals surface area contributed by atoms with Gasteiger partial charge in [-0.15, -0.1) is 0 Å². The van der Waals surface area contributed by atoms with Crippen LogP contribution in [0.2, 0.25) is 0 Å². The number of amides is 2. The lowest BCUT2D eigenvalue weighted by Crippen LogP contribution is -2.22. The molecular formula is C18H24N4O3. The fourth-order valence-electron chi connectivity index (χ4n) is 2.11. The number of rotatable bonds is 6. The molecule has 1 aromatic heterocycles. The van der Waals surface area contributed by atoms with Gasteiger partial charge in [0.25, 0.3) is 5.91 Å². The second-order valence-electron chi connectivity index (χ2n) is 6.75. The van der Waals surface area contributed by atoms with E-state index in [9.17, 15) is 9.59 Å². The summed E-state index contributed by atoms with van der Waals surface area (Å²) >= 11 is 0. The summed E-state index contributed by atoms with van der Waals surface area (Å²) in [4.78, 5) is 28.2. The van der Waals surface area contributed by atoms with Gasteiger partial charge in [0, 0.05) is 36.1 Å². The Labute approximate surface area is 147 Å². The number of nitrogens with zero attached hydrogens (tertiary/aromatic N) is 2. The average Bonchev–Trinajstić information content (AvgIpc) is 3.03. The van der Waals surface area contributed by atoms with Crippen LogP contribution in [0.25, 0.3) is 0 Å². The Morgan fingerprint density at radius 3 is 2.64 bits per heavy atom. The van der Waals surface area contributed by atoms with Crippen LogP contribution >= 0.6 is 0 Å². The van der Waals surface area contributed by atoms with Crippen LogP contribution in [-0.2, 0) is 16.6 Å². The van der Waals surface area contributed by atoms with E-state index in [4.69, 9.17) is 4.52 Å². The number of nitrogens with one attached hydrogen (secondary N) is 2. The van der Waals surface area contributed by atoms with Gasteiger partial charge in [0.15, 0.2) is 5.82 Å². The standard InChI is InChI=1S/C18H24N4O3/c1-5-19-16(24)12-7-6-8-13(11-12)20-14(23)9-10-15-21-17(22-25-15)18(2,3)4/h6-8,11H,5,9-10H2,1-4H3,(H,19,24)(H,20,23). The molecular weight excluding hydrogens is 320 g/mol. The number of anilines is 1. The van der Waals surface area contributed by atoms with E-state index >= 15 is 0 Å². The van der Waals surface area contributed by atoms with Crippen LogP contribution in [0.4, 0.5) is 5.69 Å². The summed E-state index contributed by atoms with van der Waals surface area (Å²) in [6.07, 6.45) is 0.585. The van der Waals surface area contributed by atoms with E-state index in [2.05, 4.69) is 20.8 Å². The van der Waals surface area contributed by atoms with Crippen LogP contribution in [0.1, 0.15) is 56.2 Å². The molecule has 1 heterocycles.